The molecule has 0 aromatic heterocycles. The minimum Gasteiger partial charge on any atom is -0.394 e. The molecule has 1 atom stereocenters. The molecular formula is C8H13NO2. The third kappa shape index (κ3) is 2.74. The quantitative estimate of drug-likeness (QED) is 0.606. The van der Waals surface area contributed by atoms with Crippen LogP contribution in [0.2, 0.25) is 0 Å². The Morgan fingerprint density at radius 1 is 1.36 bits per heavy atom. The number of allylic oxidation sites excluding steroid dienone is 2. The first-order valence-corrected chi connectivity index (χ1v) is 3.71. The van der Waals surface area contributed by atoms with Crippen molar-refractivity contribution in [1.29, 1.82) is 0 Å². The van der Waals surface area contributed by atoms with Crippen LogP contribution in [0.5, 0.6) is 0 Å². The molecule has 0 radical (unpaired) electrons. The molecule has 0 bridgehead atoms. The molecule has 62 valence electrons. The lowest BCUT2D eigenvalue weighted by atomic mass is 10.3. The van der Waals surface area contributed by atoms with Crippen molar-refractivity contribution in [2.24, 2.45) is 0 Å². The largest absolute Gasteiger partial charge is 0.394 e. The van der Waals surface area contributed by atoms with E-state index in [0.29, 0.717) is 6.54 Å². The first kappa shape index (κ1) is 8.30. The third-order valence-corrected chi connectivity index (χ3v) is 1.50. The lowest BCUT2D eigenvalue weighted by Crippen LogP contribution is -2.27. The van der Waals surface area contributed by atoms with E-state index in [1.54, 1.807) is 0 Å². The third-order valence-electron chi connectivity index (χ3n) is 1.50. The number of nitrogens with zero attached hydrogens (tertiary/aromatic N) is 1. The predicted molar refractivity (Wildman–Crippen MR) is 42.7 cm³/mol. The standard InChI is InChI=1S/C8H13NO2/c10-7-8(11)6-9-4-2-1-3-5-9/h2-5,8,10-11H,1,6-7H2. The second-order valence-corrected chi connectivity index (χ2v) is 2.54. The highest BCUT2D eigenvalue weighted by Gasteiger charge is 2.05. The van der Waals surface area contributed by atoms with E-state index >= 15 is 0 Å². The molecule has 0 aliphatic carbocycles. The fraction of sp³-hybridized carbons (Fsp3) is 0.500. The average Bonchev–Trinajstić information content (AvgIpc) is 2.06. The smallest absolute Gasteiger partial charge is 0.0949 e. The maximum Gasteiger partial charge on any atom is 0.0949 e. The summed E-state index contributed by atoms with van der Waals surface area (Å²) in [7, 11) is 0. The Bertz CT molecular complexity index is 153. The van der Waals surface area contributed by atoms with Crippen molar-refractivity contribution in [3.63, 3.8) is 0 Å². The van der Waals surface area contributed by atoms with Crippen LogP contribution in [-0.2, 0) is 0 Å². The zero-order valence-electron chi connectivity index (χ0n) is 6.35. The zero-order chi connectivity index (χ0) is 8.10. The Hall–Kier alpha value is -0.800. The van der Waals surface area contributed by atoms with E-state index in [9.17, 15) is 0 Å². The molecule has 2 N–H and O–H groups in total. The molecule has 0 fully saturated rings. The van der Waals surface area contributed by atoms with Gasteiger partial charge in [0.1, 0.15) is 0 Å². The van der Waals surface area contributed by atoms with E-state index in [2.05, 4.69) is 0 Å². The van der Waals surface area contributed by atoms with Crippen molar-refractivity contribution in [2.45, 2.75) is 12.5 Å². The van der Waals surface area contributed by atoms with E-state index in [0.717, 1.165) is 6.42 Å². The molecule has 1 aliphatic heterocycles. The van der Waals surface area contributed by atoms with Gasteiger partial charge in [0, 0.05) is 0 Å². The molecule has 0 saturated heterocycles. The summed E-state index contributed by atoms with van der Waals surface area (Å²) in [5.74, 6) is 0. The van der Waals surface area contributed by atoms with Gasteiger partial charge in [-0.3, -0.25) is 0 Å². The number of aliphatic hydroxyl groups is 2. The Morgan fingerprint density at radius 2 is 2.00 bits per heavy atom. The van der Waals surface area contributed by atoms with Gasteiger partial charge >= 0.3 is 0 Å². The van der Waals surface area contributed by atoms with Gasteiger partial charge in [-0.05, 0) is 18.8 Å². The minimum atomic E-state index is -0.651. The average molecular weight is 155 g/mol. The molecule has 1 heterocycles. The highest BCUT2D eigenvalue weighted by molar-refractivity contribution is 5.02. The maximum atomic E-state index is 9.05. The summed E-state index contributed by atoms with van der Waals surface area (Å²) in [4.78, 5) is 1.85. The highest BCUT2D eigenvalue weighted by atomic mass is 16.3. The van der Waals surface area contributed by atoms with Crippen LogP contribution in [0.25, 0.3) is 0 Å². The first-order chi connectivity index (χ1) is 5.33. The molecule has 3 nitrogen and oxygen atoms in total. The molecule has 0 aromatic carbocycles. The molecule has 3 heteroatoms. The van der Waals surface area contributed by atoms with Crippen LogP contribution in [0.1, 0.15) is 6.42 Å². The number of hydrogen-bond acceptors (Lipinski definition) is 3. The summed E-state index contributed by atoms with van der Waals surface area (Å²) >= 11 is 0. The lowest BCUT2D eigenvalue weighted by Gasteiger charge is -2.20. The molecule has 0 amide bonds. The zero-order valence-corrected chi connectivity index (χ0v) is 6.35. The monoisotopic (exact) mass is 155 g/mol. The molecular weight excluding hydrogens is 142 g/mol. The molecule has 0 aromatic rings. The topological polar surface area (TPSA) is 43.7 Å². The van der Waals surface area contributed by atoms with Crippen LogP contribution >= 0.6 is 0 Å². The molecule has 0 saturated carbocycles. The Balaban J connectivity index is 2.30. The predicted octanol–water partition coefficient (Wildman–Crippen LogP) is 0.0727. The van der Waals surface area contributed by atoms with Crippen LogP contribution in [0.3, 0.4) is 0 Å². The molecule has 1 unspecified atom stereocenters. The highest BCUT2D eigenvalue weighted by Crippen LogP contribution is 2.02. The van der Waals surface area contributed by atoms with E-state index in [1.807, 2.05) is 29.5 Å². The summed E-state index contributed by atoms with van der Waals surface area (Å²) in [6.45, 7) is 0.279. The van der Waals surface area contributed by atoms with Gasteiger partial charge in [-0.2, -0.15) is 0 Å². The Morgan fingerprint density at radius 3 is 2.55 bits per heavy atom. The van der Waals surface area contributed by atoms with Crippen molar-refractivity contribution >= 4 is 0 Å². The SMILES string of the molecule is OCC(O)CN1C=CCC=C1. The van der Waals surface area contributed by atoms with Crippen molar-refractivity contribution < 1.29 is 10.2 Å². The second kappa shape index (κ2) is 4.16. The number of rotatable bonds is 3. The fourth-order valence-corrected chi connectivity index (χ4v) is 0.944. The van der Waals surface area contributed by atoms with Crippen LogP contribution in [0.4, 0.5) is 0 Å². The number of aliphatic hydroxyl groups excluding tert-OH is 2. The van der Waals surface area contributed by atoms with E-state index in [-0.39, 0.29) is 6.61 Å². The second-order valence-electron chi connectivity index (χ2n) is 2.54. The number of hydrogen-bond donors (Lipinski definition) is 2. The van der Waals surface area contributed by atoms with E-state index in [4.69, 9.17) is 10.2 Å². The van der Waals surface area contributed by atoms with Gasteiger partial charge in [0.05, 0.1) is 19.3 Å². The summed E-state index contributed by atoms with van der Waals surface area (Å²) in [5, 5.41) is 17.6. The van der Waals surface area contributed by atoms with Crippen molar-refractivity contribution in [3.8, 4) is 0 Å². The van der Waals surface area contributed by atoms with E-state index in [1.165, 1.54) is 0 Å². The van der Waals surface area contributed by atoms with E-state index < -0.39 is 6.10 Å². The summed E-state index contributed by atoms with van der Waals surface area (Å²) < 4.78 is 0. The van der Waals surface area contributed by atoms with Crippen LogP contribution in [-0.4, -0.2) is 34.4 Å². The van der Waals surface area contributed by atoms with Gasteiger partial charge in [0.2, 0.25) is 0 Å². The normalized spacial score (nSPS) is 18.9. The molecule has 1 rings (SSSR count). The Kier molecular flexibility index (Phi) is 3.14. The fourth-order valence-electron chi connectivity index (χ4n) is 0.944. The maximum absolute atomic E-state index is 9.05. The van der Waals surface area contributed by atoms with Gasteiger partial charge in [-0.1, -0.05) is 12.2 Å². The Labute approximate surface area is 66.3 Å². The lowest BCUT2D eigenvalue weighted by molar-refractivity contribution is 0.0801. The van der Waals surface area contributed by atoms with Crippen LogP contribution in [0.15, 0.2) is 24.6 Å². The van der Waals surface area contributed by atoms with Crippen molar-refractivity contribution in [2.75, 3.05) is 13.2 Å². The minimum absolute atomic E-state index is 0.182. The van der Waals surface area contributed by atoms with Gasteiger partial charge in [0.25, 0.3) is 0 Å². The summed E-state index contributed by atoms with van der Waals surface area (Å²) in [6.07, 6.45) is 8.11. The summed E-state index contributed by atoms with van der Waals surface area (Å²) in [5.41, 5.74) is 0. The molecule has 0 spiro atoms. The van der Waals surface area contributed by atoms with Gasteiger partial charge < -0.3 is 15.1 Å². The van der Waals surface area contributed by atoms with Crippen molar-refractivity contribution in [3.05, 3.63) is 24.6 Å². The van der Waals surface area contributed by atoms with Gasteiger partial charge in [0.15, 0.2) is 0 Å². The van der Waals surface area contributed by atoms with Gasteiger partial charge in [-0.15, -0.1) is 0 Å². The van der Waals surface area contributed by atoms with Gasteiger partial charge in [-0.25, -0.2) is 0 Å². The van der Waals surface area contributed by atoms with Crippen LogP contribution in [0, 0.1) is 0 Å². The first-order valence-electron chi connectivity index (χ1n) is 3.71. The van der Waals surface area contributed by atoms with Crippen molar-refractivity contribution in [1.82, 2.24) is 4.90 Å². The van der Waals surface area contributed by atoms with Crippen LogP contribution < -0.4 is 0 Å². The molecule has 1 aliphatic rings. The molecule has 11 heavy (non-hydrogen) atoms. The number of β-amino-alcohol motifs (C(OH)–C–C–N with tert-alkyl or cyclic N) is 1. The summed E-state index contributed by atoms with van der Waals surface area (Å²) in [6, 6.07) is 0.